The van der Waals surface area contributed by atoms with Gasteiger partial charge >= 0.3 is 0 Å². The molecule has 14 heavy (non-hydrogen) atoms. The van der Waals surface area contributed by atoms with Gasteiger partial charge in [-0.05, 0) is 6.08 Å². The summed E-state index contributed by atoms with van der Waals surface area (Å²) >= 11 is 11.4. The third-order valence-corrected chi connectivity index (χ3v) is 1.86. The number of anilines is 1. The zero-order valence-electron chi connectivity index (χ0n) is 6.87. The molecule has 0 atom stereocenters. The number of carbonyl (C=O) groups excluding carboxylic acids is 1. The van der Waals surface area contributed by atoms with E-state index in [1.54, 1.807) is 0 Å². The van der Waals surface area contributed by atoms with Gasteiger partial charge in [-0.1, -0.05) is 23.2 Å². The molecule has 0 saturated heterocycles. The highest BCUT2D eigenvalue weighted by Gasteiger charge is 2.07. The highest BCUT2D eigenvalue weighted by atomic mass is 35.5. The number of nitrogens with zero attached hydrogens (tertiary/aromatic N) is 2. The second-order valence-electron chi connectivity index (χ2n) is 2.31. The van der Waals surface area contributed by atoms with E-state index in [1.165, 1.54) is 6.08 Å². The molecular weight excluding hydrogens is 227 g/mol. The van der Waals surface area contributed by atoms with Gasteiger partial charge in [0.05, 0.1) is 0 Å². The van der Waals surface area contributed by atoms with E-state index < -0.39 is 5.91 Å². The van der Waals surface area contributed by atoms with Gasteiger partial charge in [-0.15, -0.1) is 0 Å². The Hall–Kier alpha value is -1.33. The zero-order chi connectivity index (χ0) is 10.7. The number of primary amides is 1. The summed E-state index contributed by atoms with van der Waals surface area (Å²) in [5.41, 5.74) is 10.5. The normalized spacial score (nSPS) is 10.7. The minimum absolute atomic E-state index is 0.0313. The van der Waals surface area contributed by atoms with Crippen LogP contribution in [0.1, 0.15) is 5.56 Å². The second-order valence-corrected chi connectivity index (χ2v) is 3.03. The fourth-order valence-electron chi connectivity index (χ4n) is 0.735. The fourth-order valence-corrected chi connectivity index (χ4v) is 1.26. The number of nitrogens with two attached hydrogens (primary N) is 2. The summed E-state index contributed by atoms with van der Waals surface area (Å²) in [6, 6.07) is 0. The summed E-state index contributed by atoms with van der Waals surface area (Å²) in [6.45, 7) is 0. The fraction of sp³-hybridized carbons (Fsp3) is 0. The first-order valence-corrected chi connectivity index (χ1v) is 4.22. The van der Waals surface area contributed by atoms with Crippen molar-refractivity contribution in [1.29, 1.82) is 0 Å². The molecule has 1 amide bonds. The summed E-state index contributed by atoms with van der Waals surface area (Å²) < 4.78 is 0. The maximum absolute atomic E-state index is 10.4. The number of hydrogen-bond acceptors (Lipinski definition) is 4. The van der Waals surface area contributed by atoms with Crippen molar-refractivity contribution >= 4 is 41.1 Å². The van der Waals surface area contributed by atoms with Crippen molar-refractivity contribution in [2.45, 2.75) is 0 Å². The van der Waals surface area contributed by atoms with E-state index in [-0.39, 0.29) is 16.3 Å². The highest BCUT2D eigenvalue weighted by molar-refractivity contribution is 6.35. The Bertz CT molecular complexity index is 382. The number of aromatic nitrogens is 2. The first kappa shape index (κ1) is 10.7. The van der Waals surface area contributed by atoms with Gasteiger partial charge in [-0.25, -0.2) is 9.97 Å². The van der Waals surface area contributed by atoms with Gasteiger partial charge < -0.3 is 11.5 Å². The number of hydrogen-bond donors (Lipinski definition) is 2. The topological polar surface area (TPSA) is 94.9 Å². The molecule has 0 saturated carbocycles. The Kier molecular flexibility index (Phi) is 3.27. The lowest BCUT2D eigenvalue weighted by Gasteiger charge is -2.00. The average Bonchev–Trinajstić information content (AvgIpc) is 2.01. The molecule has 0 bridgehead atoms. The maximum atomic E-state index is 10.4. The molecule has 1 aromatic heterocycles. The molecule has 0 radical (unpaired) electrons. The number of rotatable bonds is 2. The minimum Gasteiger partial charge on any atom is -0.368 e. The van der Waals surface area contributed by atoms with Gasteiger partial charge in [0.2, 0.25) is 11.9 Å². The van der Waals surface area contributed by atoms with Gasteiger partial charge in [-0.2, -0.15) is 0 Å². The molecule has 4 N–H and O–H groups in total. The molecule has 0 aliphatic heterocycles. The summed E-state index contributed by atoms with van der Waals surface area (Å²) in [5.74, 6) is -0.648. The Morgan fingerprint density at radius 2 is 1.79 bits per heavy atom. The largest absolute Gasteiger partial charge is 0.368 e. The van der Waals surface area contributed by atoms with Crippen molar-refractivity contribution < 1.29 is 4.79 Å². The van der Waals surface area contributed by atoms with Crippen molar-refractivity contribution in [2.24, 2.45) is 5.73 Å². The predicted octanol–water partition coefficient (Wildman–Crippen LogP) is 0.864. The molecular formula is C7H6Cl2N4O. The first-order valence-electron chi connectivity index (χ1n) is 3.46. The van der Waals surface area contributed by atoms with Crippen molar-refractivity contribution in [3.63, 3.8) is 0 Å². The summed E-state index contributed by atoms with van der Waals surface area (Å²) in [4.78, 5) is 17.8. The molecule has 0 aromatic carbocycles. The first-order chi connectivity index (χ1) is 6.50. The van der Waals surface area contributed by atoms with Crippen LogP contribution in [0.2, 0.25) is 10.3 Å². The minimum atomic E-state index is -0.617. The summed E-state index contributed by atoms with van der Waals surface area (Å²) in [7, 11) is 0. The van der Waals surface area contributed by atoms with Crippen LogP contribution in [0.15, 0.2) is 6.08 Å². The molecule has 74 valence electrons. The smallest absolute Gasteiger partial charge is 0.241 e. The number of carbonyl (C=O) groups is 1. The molecule has 7 heteroatoms. The van der Waals surface area contributed by atoms with E-state index in [2.05, 4.69) is 9.97 Å². The van der Waals surface area contributed by atoms with Crippen molar-refractivity contribution in [2.75, 3.05) is 5.73 Å². The van der Waals surface area contributed by atoms with Crippen LogP contribution in [0.3, 0.4) is 0 Å². The zero-order valence-corrected chi connectivity index (χ0v) is 8.38. The van der Waals surface area contributed by atoms with Gasteiger partial charge in [0, 0.05) is 11.6 Å². The number of amides is 1. The Balaban J connectivity index is 3.15. The van der Waals surface area contributed by atoms with E-state index in [9.17, 15) is 4.79 Å². The molecule has 0 aliphatic rings. The molecule has 5 nitrogen and oxygen atoms in total. The quantitative estimate of drug-likeness (QED) is 0.585. The van der Waals surface area contributed by atoms with E-state index in [4.69, 9.17) is 34.7 Å². The van der Waals surface area contributed by atoms with Crippen molar-refractivity contribution in [3.05, 3.63) is 21.9 Å². The van der Waals surface area contributed by atoms with Crippen LogP contribution in [0.4, 0.5) is 5.95 Å². The van der Waals surface area contributed by atoms with Crippen LogP contribution in [-0.2, 0) is 4.79 Å². The van der Waals surface area contributed by atoms with Crippen LogP contribution in [-0.4, -0.2) is 15.9 Å². The SMILES string of the molecule is NC(=O)/C=C/c1c(Cl)nc(N)nc1Cl. The van der Waals surface area contributed by atoms with Gasteiger partial charge in [0.15, 0.2) is 0 Å². The monoisotopic (exact) mass is 232 g/mol. The Morgan fingerprint density at radius 3 is 2.21 bits per heavy atom. The lowest BCUT2D eigenvalue weighted by molar-refractivity contribution is -0.113. The van der Waals surface area contributed by atoms with E-state index >= 15 is 0 Å². The van der Waals surface area contributed by atoms with Crippen LogP contribution < -0.4 is 11.5 Å². The molecule has 0 spiro atoms. The average molecular weight is 233 g/mol. The maximum Gasteiger partial charge on any atom is 0.241 e. The molecule has 0 unspecified atom stereocenters. The van der Waals surface area contributed by atoms with E-state index in [0.717, 1.165) is 6.08 Å². The third-order valence-electron chi connectivity index (χ3n) is 1.28. The number of halogens is 2. The predicted molar refractivity (Wildman–Crippen MR) is 54.7 cm³/mol. The van der Waals surface area contributed by atoms with E-state index in [0.29, 0.717) is 5.56 Å². The van der Waals surface area contributed by atoms with Crippen LogP contribution >= 0.6 is 23.2 Å². The van der Waals surface area contributed by atoms with Gasteiger partial charge in [0.1, 0.15) is 10.3 Å². The van der Waals surface area contributed by atoms with E-state index in [1.807, 2.05) is 0 Å². The molecule has 1 rings (SSSR count). The summed E-state index contributed by atoms with van der Waals surface area (Å²) in [6.07, 6.45) is 2.43. The van der Waals surface area contributed by atoms with Gasteiger partial charge in [0.25, 0.3) is 0 Å². The lowest BCUT2D eigenvalue weighted by Crippen LogP contribution is -2.05. The summed E-state index contributed by atoms with van der Waals surface area (Å²) in [5, 5.41) is 0.139. The van der Waals surface area contributed by atoms with Crippen LogP contribution in [0, 0.1) is 0 Å². The highest BCUT2D eigenvalue weighted by Crippen LogP contribution is 2.22. The molecule has 1 aromatic rings. The Morgan fingerprint density at radius 1 is 1.29 bits per heavy atom. The lowest BCUT2D eigenvalue weighted by atomic mass is 10.3. The second kappa shape index (κ2) is 4.26. The molecule has 1 heterocycles. The Labute approximate surface area is 89.7 Å². The number of nitrogen functional groups attached to an aromatic ring is 1. The van der Waals surface area contributed by atoms with Crippen molar-refractivity contribution in [3.8, 4) is 0 Å². The van der Waals surface area contributed by atoms with Crippen LogP contribution in [0.25, 0.3) is 6.08 Å². The molecule has 0 fully saturated rings. The standard InChI is InChI=1S/C7H6Cl2N4O/c8-5-3(1-2-4(10)14)6(9)13-7(11)12-5/h1-2H,(H2,10,14)(H2,11,12,13)/b2-1+. The van der Waals surface area contributed by atoms with Crippen LogP contribution in [0.5, 0.6) is 0 Å². The third kappa shape index (κ3) is 2.58. The molecule has 0 aliphatic carbocycles. The van der Waals surface area contributed by atoms with Crippen molar-refractivity contribution in [1.82, 2.24) is 9.97 Å². The van der Waals surface area contributed by atoms with Gasteiger partial charge in [-0.3, -0.25) is 4.79 Å².